The molecule has 0 fully saturated rings. The summed E-state index contributed by atoms with van der Waals surface area (Å²) < 4.78 is 6.69. The number of aryl methyl sites for hydroxylation is 1. The Kier molecular flexibility index (Phi) is 2.23. The number of nitrogens with zero attached hydrogens (tertiary/aromatic N) is 1. The van der Waals surface area contributed by atoms with E-state index in [1.54, 1.807) is 17.8 Å². The predicted octanol–water partition coefficient (Wildman–Crippen LogP) is 1.51. The molecule has 0 saturated heterocycles. The number of aromatic hydroxyl groups is 2. The average Bonchev–Trinajstić information content (AvgIpc) is 2.44. The zero-order chi connectivity index (χ0) is 11.9. The normalized spacial score (nSPS) is 10.6. The van der Waals surface area contributed by atoms with Crippen molar-refractivity contribution in [3.8, 4) is 17.2 Å². The second kappa shape index (κ2) is 3.44. The van der Waals surface area contributed by atoms with Crippen LogP contribution in [-0.2, 0) is 11.8 Å². The van der Waals surface area contributed by atoms with E-state index in [-0.39, 0.29) is 11.5 Å². The molecule has 0 aliphatic carbocycles. The van der Waals surface area contributed by atoms with Gasteiger partial charge in [-0.2, -0.15) is 0 Å². The van der Waals surface area contributed by atoms with Gasteiger partial charge in [0.2, 0.25) is 0 Å². The molecule has 0 radical (unpaired) electrons. The summed E-state index contributed by atoms with van der Waals surface area (Å²) in [6.45, 7) is 1.30. The Morgan fingerprint density at radius 2 is 1.94 bits per heavy atom. The second-order valence-corrected chi connectivity index (χ2v) is 3.56. The summed E-state index contributed by atoms with van der Waals surface area (Å²) >= 11 is 0. The molecule has 0 aliphatic heterocycles. The molecule has 2 N–H and O–H groups in total. The van der Waals surface area contributed by atoms with Crippen LogP contribution in [0.4, 0.5) is 0 Å². The number of esters is 1. The topological polar surface area (TPSA) is 71.7 Å². The van der Waals surface area contributed by atoms with E-state index in [2.05, 4.69) is 0 Å². The highest BCUT2D eigenvalue weighted by atomic mass is 16.5. The van der Waals surface area contributed by atoms with Gasteiger partial charge in [-0.25, -0.2) is 0 Å². The quantitative estimate of drug-likeness (QED) is 0.565. The van der Waals surface area contributed by atoms with E-state index in [9.17, 15) is 15.0 Å². The molecule has 0 bridgehead atoms. The molecule has 84 valence electrons. The standard InChI is InChI=1S/C11H11NO4/c1-6(13)16-11-5-12(2)8-4-10(15)9(14)3-7(8)11/h3-5,14-15H,1-2H3. The third kappa shape index (κ3) is 1.56. The van der Waals surface area contributed by atoms with Gasteiger partial charge < -0.3 is 19.5 Å². The fraction of sp³-hybridized carbons (Fsp3) is 0.182. The highest BCUT2D eigenvalue weighted by Gasteiger charge is 2.12. The van der Waals surface area contributed by atoms with Gasteiger partial charge in [-0.3, -0.25) is 4.79 Å². The largest absolute Gasteiger partial charge is 0.504 e. The van der Waals surface area contributed by atoms with Gasteiger partial charge in [0.1, 0.15) is 0 Å². The third-order valence-corrected chi connectivity index (χ3v) is 2.30. The number of carbonyl (C=O) groups is 1. The van der Waals surface area contributed by atoms with Crippen LogP contribution in [-0.4, -0.2) is 20.7 Å². The molecular formula is C11H11NO4. The number of hydrogen-bond acceptors (Lipinski definition) is 4. The van der Waals surface area contributed by atoms with Crippen LogP contribution >= 0.6 is 0 Å². The Balaban J connectivity index is 2.68. The summed E-state index contributed by atoms with van der Waals surface area (Å²) in [5, 5.41) is 19.3. The lowest BCUT2D eigenvalue weighted by molar-refractivity contribution is -0.131. The molecule has 1 aromatic heterocycles. The van der Waals surface area contributed by atoms with Crippen LogP contribution in [0.1, 0.15) is 6.92 Å². The molecule has 0 spiro atoms. The number of phenolic OH excluding ortho intramolecular Hbond substituents is 2. The molecule has 0 aliphatic rings. The van der Waals surface area contributed by atoms with Crippen molar-refractivity contribution in [2.24, 2.45) is 7.05 Å². The lowest BCUT2D eigenvalue weighted by Crippen LogP contribution is -2.00. The molecule has 16 heavy (non-hydrogen) atoms. The summed E-state index contributed by atoms with van der Waals surface area (Å²) in [6.07, 6.45) is 1.62. The van der Waals surface area contributed by atoms with Crippen molar-refractivity contribution in [2.75, 3.05) is 0 Å². The van der Waals surface area contributed by atoms with Gasteiger partial charge in [0.05, 0.1) is 5.52 Å². The predicted molar refractivity (Wildman–Crippen MR) is 57.6 cm³/mol. The highest BCUT2D eigenvalue weighted by molar-refractivity contribution is 5.91. The number of carbonyl (C=O) groups excluding carboxylic acids is 1. The van der Waals surface area contributed by atoms with Crippen molar-refractivity contribution in [1.82, 2.24) is 4.57 Å². The molecule has 5 nitrogen and oxygen atoms in total. The third-order valence-electron chi connectivity index (χ3n) is 2.30. The fourth-order valence-corrected chi connectivity index (χ4v) is 1.61. The first-order valence-corrected chi connectivity index (χ1v) is 4.68. The van der Waals surface area contributed by atoms with Crippen LogP contribution in [0.25, 0.3) is 10.9 Å². The fourth-order valence-electron chi connectivity index (χ4n) is 1.61. The molecule has 0 saturated carbocycles. The van der Waals surface area contributed by atoms with Crippen LogP contribution in [0, 0.1) is 0 Å². The van der Waals surface area contributed by atoms with Crippen molar-refractivity contribution in [1.29, 1.82) is 0 Å². The lowest BCUT2D eigenvalue weighted by Gasteiger charge is -2.01. The number of phenols is 2. The second-order valence-electron chi connectivity index (χ2n) is 3.56. The molecule has 1 heterocycles. The molecule has 2 aromatic rings. The van der Waals surface area contributed by atoms with Crippen LogP contribution in [0.15, 0.2) is 18.3 Å². The Bertz CT molecular complexity index is 571. The number of aromatic nitrogens is 1. The molecule has 0 atom stereocenters. The summed E-state index contributed by atoms with van der Waals surface area (Å²) in [6, 6.07) is 2.78. The zero-order valence-corrected chi connectivity index (χ0v) is 8.89. The van der Waals surface area contributed by atoms with Crippen LogP contribution in [0.3, 0.4) is 0 Å². The first kappa shape index (κ1) is 10.4. The van der Waals surface area contributed by atoms with Gasteiger partial charge in [0.15, 0.2) is 17.2 Å². The van der Waals surface area contributed by atoms with E-state index in [1.165, 1.54) is 19.1 Å². The van der Waals surface area contributed by atoms with Gasteiger partial charge in [-0.15, -0.1) is 0 Å². The molecule has 1 aromatic carbocycles. The maximum absolute atomic E-state index is 10.9. The van der Waals surface area contributed by atoms with E-state index in [1.807, 2.05) is 0 Å². The Hall–Kier alpha value is -2.17. The zero-order valence-electron chi connectivity index (χ0n) is 8.89. The van der Waals surface area contributed by atoms with E-state index in [4.69, 9.17) is 4.74 Å². The summed E-state index contributed by atoms with van der Waals surface area (Å²) in [4.78, 5) is 10.9. The van der Waals surface area contributed by atoms with E-state index in [0.717, 1.165) is 0 Å². The molecule has 0 amide bonds. The van der Waals surface area contributed by atoms with E-state index < -0.39 is 5.97 Å². The smallest absolute Gasteiger partial charge is 0.308 e. The SMILES string of the molecule is CC(=O)Oc1cn(C)c2cc(O)c(O)cc12. The van der Waals surface area contributed by atoms with Crippen LogP contribution < -0.4 is 4.74 Å². The first-order chi connectivity index (χ1) is 7.49. The van der Waals surface area contributed by atoms with Crippen LogP contribution in [0.2, 0.25) is 0 Å². The lowest BCUT2D eigenvalue weighted by atomic mass is 10.2. The van der Waals surface area contributed by atoms with Crippen molar-refractivity contribution < 1.29 is 19.7 Å². The summed E-state index contributed by atoms with van der Waals surface area (Å²) in [5.74, 6) is -0.518. The minimum Gasteiger partial charge on any atom is -0.504 e. The maximum atomic E-state index is 10.9. The number of fused-ring (bicyclic) bond motifs is 1. The maximum Gasteiger partial charge on any atom is 0.308 e. The van der Waals surface area contributed by atoms with Crippen molar-refractivity contribution >= 4 is 16.9 Å². The molecule has 0 unspecified atom stereocenters. The van der Waals surface area contributed by atoms with Crippen molar-refractivity contribution in [3.05, 3.63) is 18.3 Å². The summed E-state index contributed by atoms with van der Waals surface area (Å²) in [7, 11) is 1.76. The monoisotopic (exact) mass is 221 g/mol. The van der Waals surface area contributed by atoms with Crippen LogP contribution in [0.5, 0.6) is 17.2 Å². The molecule has 5 heteroatoms. The Morgan fingerprint density at radius 3 is 2.56 bits per heavy atom. The van der Waals surface area contributed by atoms with Gasteiger partial charge >= 0.3 is 5.97 Å². The van der Waals surface area contributed by atoms with Gasteiger partial charge in [0, 0.05) is 31.6 Å². The van der Waals surface area contributed by atoms with Gasteiger partial charge in [0.25, 0.3) is 0 Å². The van der Waals surface area contributed by atoms with Gasteiger partial charge in [-0.05, 0) is 6.07 Å². The molecule has 2 rings (SSSR count). The number of hydrogen-bond donors (Lipinski definition) is 2. The minimum atomic E-state index is -0.430. The minimum absolute atomic E-state index is 0.205. The summed E-state index contributed by atoms with van der Waals surface area (Å²) in [5.41, 5.74) is 0.673. The highest BCUT2D eigenvalue weighted by Crippen LogP contribution is 2.35. The Morgan fingerprint density at radius 1 is 1.31 bits per heavy atom. The number of ether oxygens (including phenoxy) is 1. The van der Waals surface area contributed by atoms with Gasteiger partial charge in [-0.1, -0.05) is 0 Å². The first-order valence-electron chi connectivity index (χ1n) is 4.68. The number of rotatable bonds is 1. The average molecular weight is 221 g/mol. The Labute approximate surface area is 91.5 Å². The van der Waals surface area contributed by atoms with Crippen molar-refractivity contribution in [2.45, 2.75) is 6.92 Å². The number of benzene rings is 1. The van der Waals surface area contributed by atoms with E-state index >= 15 is 0 Å². The van der Waals surface area contributed by atoms with E-state index in [0.29, 0.717) is 16.7 Å². The van der Waals surface area contributed by atoms with Crippen molar-refractivity contribution in [3.63, 3.8) is 0 Å². The molecular weight excluding hydrogens is 210 g/mol.